The van der Waals surface area contributed by atoms with Gasteiger partial charge in [-0.3, -0.25) is 58.8 Å². The van der Waals surface area contributed by atoms with Gasteiger partial charge in [0.1, 0.15) is 30.2 Å². The van der Waals surface area contributed by atoms with E-state index < -0.39 is 116 Å². The van der Waals surface area contributed by atoms with Crippen molar-refractivity contribution in [2.24, 2.45) is 0 Å². The van der Waals surface area contributed by atoms with Gasteiger partial charge in [-0.05, 0) is 78.6 Å². The van der Waals surface area contributed by atoms with Crippen LogP contribution in [0.25, 0.3) is 0 Å². The standard InChI is InChI=1S/C41H67N9O17/c1-25(10-16-51)19-34(57)48(65)13-4-7-28-37(60)42-22-33(56)43-31(23-54)40(63)47-32(24-55)41(64)46-30(9-6-15-50(67)36(59)21-27(3)12-18-53)39(62)45-29(38(61)44-28)8-5-14-49(66)35(58)20-26(2)11-17-52/h19-21,28-32,51-55,65-67H,4-18,22-24H2,1-3H3,(H,42,60)(H,43,56)(H,44,61)(H,45,62)(H,46,64)(H,47,63)/b25-19-,26-20-,27-21-/t28-,29-,30-,31-,32-/m0/s1. The average molecular weight is 958 g/mol. The molecule has 378 valence electrons. The number of aliphatic hydroxyl groups is 5. The van der Waals surface area contributed by atoms with Gasteiger partial charge in [-0.1, -0.05) is 16.7 Å². The fourth-order valence-electron chi connectivity index (χ4n) is 6.09. The molecular formula is C41H67N9O17. The summed E-state index contributed by atoms with van der Waals surface area (Å²) in [6.07, 6.45) is 2.08. The highest BCUT2D eigenvalue weighted by atomic mass is 16.5. The summed E-state index contributed by atoms with van der Waals surface area (Å²) in [7, 11) is 0. The summed E-state index contributed by atoms with van der Waals surface area (Å²) in [5.41, 5.74) is 1.34. The Balaban J connectivity index is 3.69. The minimum absolute atomic E-state index is 0.140. The van der Waals surface area contributed by atoms with Crippen LogP contribution >= 0.6 is 0 Å². The van der Waals surface area contributed by atoms with E-state index in [0.29, 0.717) is 31.9 Å². The Bertz CT molecular complexity index is 1790. The highest BCUT2D eigenvalue weighted by Gasteiger charge is 2.33. The van der Waals surface area contributed by atoms with Crippen LogP contribution in [-0.2, 0) is 43.2 Å². The first-order chi connectivity index (χ1) is 31.7. The molecule has 0 aromatic heterocycles. The number of carbonyl (C=O) groups is 9. The highest BCUT2D eigenvalue weighted by molar-refractivity contribution is 5.97. The molecule has 14 N–H and O–H groups in total. The van der Waals surface area contributed by atoms with Crippen LogP contribution in [0.2, 0.25) is 0 Å². The van der Waals surface area contributed by atoms with E-state index in [0.717, 1.165) is 18.2 Å². The van der Waals surface area contributed by atoms with Gasteiger partial charge in [-0.15, -0.1) is 0 Å². The van der Waals surface area contributed by atoms with Crippen LogP contribution in [-0.4, -0.2) is 199 Å². The van der Waals surface area contributed by atoms with E-state index >= 15 is 0 Å². The molecule has 1 aliphatic heterocycles. The first-order valence-corrected chi connectivity index (χ1v) is 21.6. The first-order valence-electron chi connectivity index (χ1n) is 21.6. The molecule has 26 heteroatoms. The lowest BCUT2D eigenvalue weighted by Gasteiger charge is -2.28. The summed E-state index contributed by atoms with van der Waals surface area (Å²) in [6, 6.07) is -8.34. The minimum atomic E-state index is -1.79. The van der Waals surface area contributed by atoms with E-state index in [2.05, 4.69) is 31.9 Å². The summed E-state index contributed by atoms with van der Waals surface area (Å²) in [5.74, 6) is -9.06. The summed E-state index contributed by atoms with van der Waals surface area (Å²) in [5, 5.41) is 93.2. The van der Waals surface area contributed by atoms with E-state index in [1.807, 2.05) is 0 Å². The Hall–Kier alpha value is -5.87. The monoisotopic (exact) mass is 957 g/mol. The van der Waals surface area contributed by atoms with E-state index in [1.54, 1.807) is 20.8 Å². The lowest BCUT2D eigenvalue weighted by atomic mass is 10.0. The predicted octanol–water partition coefficient (Wildman–Crippen LogP) is -4.50. The molecule has 0 aromatic carbocycles. The molecule has 0 unspecified atom stereocenters. The van der Waals surface area contributed by atoms with E-state index in [9.17, 15) is 69.0 Å². The minimum Gasteiger partial charge on any atom is -0.396 e. The maximum Gasteiger partial charge on any atom is 0.269 e. The van der Waals surface area contributed by atoms with Gasteiger partial charge in [0, 0.05) is 57.7 Å². The molecule has 0 spiro atoms. The van der Waals surface area contributed by atoms with Crippen molar-refractivity contribution in [2.75, 3.05) is 59.2 Å². The predicted molar refractivity (Wildman–Crippen MR) is 231 cm³/mol. The molecule has 5 atom stereocenters. The number of nitrogens with one attached hydrogen (secondary N) is 6. The van der Waals surface area contributed by atoms with Crippen molar-refractivity contribution in [3.63, 3.8) is 0 Å². The molecule has 0 saturated carbocycles. The quantitative estimate of drug-likeness (QED) is 0.0261. The summed E-state index contributed by atoms with van der Waals surface area (Å²) in [6.45, 7) is -0.261. The zero-order valence-electron chi connectivity index (χ0n) is 37.9. The van der Waals surface area contributed by atoms with Crippen molar-refractivity contribution in [1.29, 1.82) is 0 Å². The van der Waals surface area contributed by atoms with Crippen LogP contribution in [0.3, 0.4) is 0 Å². The van der Waals surface area contributed by atoms with E-state index in [1.165, 1.54) is 0 Å². The van der Waals surface area contributed by atoms with Gasteiger partial charge in [0.15, 0.2) is 0 Å². The molecular weight excluding hydrogens is 890 g/mol. The number of aliphatic hydroxyl groups excluding tert-OH is 5. The van der Waals surface area contributed by atoms with E-state index in [-0.39, 0.29) is 84.2 Å². The molecule has 0 bridgehead atoms. The molecule has 0 aromatic rings. The first kappa shape index (κ1) is 59.1. The maximum absolute atomic E-state index is 14.1. The molecule has 1 heterocycles. The lowest BCUT2D eigenvalue weighted by Crippen LogP contribution is -2.61. The van der Waals surface area contributed by atoms with Crippen molar-refractivity contribution >= 4 is 53.2 Å². The van der Waals surface area contributed by atoms with Crippen LogP contribution in [0.4, 0.5) is 0 Å². The Kier molecular flexibility index (Phi) is 28.2. The van der Waals surface area contributed by atoms with Crippen LogP contribution in [0.15, 0.2) is 34.9 Å². The van der Waals surface area contributed by atoms with Crippen molar-refractivity contribution in [3.05, 3.63) is 34.9 Å². The second-order valence-corrected chi connectivity index (χ2v) is 15.7. The number of rotatable bonds is 23. The number of carbonyl (C=O) groups excluding carboxylic acids is 9. The smallest absolute Gasteiger partial charge is 0.269 e. The van der Waals surface area contributed by atoms with Gasteiger partial charge in [0.05, 0.1) is 19.8 Å². The Morgan fingerprint density at radius 1 is 0.478 bits per heavy atom. The van der Waals surface area contributed by atoms with Gasteiger partial charge in [-0.2, -0.15) is 0 Å². The summed E-state index contributed by atoms with van der Waals surface area (Å²) < 4.78 is 0. The summed E-state index contributed by atoms with van der Waals surface area (Å²) >= 11 is 0. The third-order valence-electron chi connectivity index (χ3n) is 9.95. The van der Waals surface area contributed by atoms with Crippen molar-refractivity contribution in [3.8, 4) is 0 Å². The topological polar surface area (TPSA) is 397 Å². The van der Waals surface area contributed by atoms with Gasteiger partial charge in [-0.25, -0.2) is 15.2 Å². The van der Waals surface area contributed by atoms with E-state index in [4.69, 9.17) is 15.3 Å². The third-order valence-corrected chi connectivity index (χ3v) is 9.95. The molecule has 0 aliphatic carbocycles. The Morgan fingerprint density at radius 2 is 0.761 bits per heavy atom. The van der Waals surface area contributed by atoms with Crippen LogP contribution in [0.5, 0.6) is 0 Å². The molecule has 1 aliphatic rings. The zero-order chi connectivity index (χ0) is 50.6. The zero-order valence-corrected chi connectivity index (χ0v) is 37.9. The number of amides is 9. The third kappa shape index (κ3) is 22.9. The molecule has 0 radical (unpaired) electrons. The summed E-state index contributed by atoms with van der Waals surface area (Å²) in [4.78, 5) is 119. The van der Waals surface area contributed by atoms with Crippen LogP contribution < -0.4 is 31.9 Å². The fraction of sp³-hybridized carbons (Fsp3) is 0.634. The maximum atomic E-state index is 14.1. The molecule has 26 nitrogen and oxygen atoms in total. The van der Waals surface area contributed by atoms with Crippen molar-refractivity contribution in [2.45, 2.75) is 109 Å². The van der Waals surface area contributed by atoms with Crippen molar-refractivity contribution in [1.82, 2.24) is 47.1 Å². The second kappa shape index (κ2) is 31.9. The SMILES string of the molecule is C/C(=C/C(=O)N(O)CCC[C@@H]1NC(=O)[C@H](CCCN(O)C(=O)/C=C(/C)CCO)NC(=O)[C@H](CCCN(O)C(=O)/C=C(/C)CCO)NC(=O)[C@H](CO)NC(=O)[C@H](CO)NC(=O)CNC1=O)CCO. The molecule has 9 amide bonds. The number of nitrogens with zero attached hydrogens (tertiary/aromatic N) is 3. The normalized spacial score (nSPS) is 20.8. The Labute approximate surface area is 387 Å². The van der Waals surface area contributed by atoms with Gasteiger partial charge < -0.3 is 57.4 Å². The lowest BCUT2D eigenvalue weighted by molar-refractivity contribution is -0.160. The molecule has 67 heavy (non-hydrogen) atoms. The highest BCUT2D eigenvalue weighted by Crippen LogP contribution is 2.10. The number of hydrogen-bond donors (Lipinski definition) is 14. The fourth-order valence-corrected chi connectivity index (χ4v) is 6.09. The average Bonchev–Trinajstić information content (AvgIpc) is 3.27. The van der Waals surface area contributed by atoms with Gasteiger partial charge in [0.2, 0.25) is 35.4 Å². The van der Waals surface area contributed by atoms with Gasteiger partial charge in [0.25, 0.3) is 17.7 Å². The largest absolute Gasteiger partial charge is 0.396 e. The molecule has 1 saturated heterocycles. The Morgan fingerprint density at radius 3 is 1.07 bits per heavy atom. The van der Waals surface area contributed by atoms with Crippen molar-refractivity contribution < 1.29 is 84.3 Å². The number of hydrogen-bond acceptors (Lipinski definition) is 17. The second-order valence-electron chi connectivity index (χ2n) is 15.7. The molecule has 1 rings (SSSR count). The van der Waals surface area contributed by atoms with Crippen LogP contribution in [0.1, 0.15) is 78.6 Å². The molecule has 1 fully saturated rings. The number of hydroxylamine groups is 6. The van der Waals surface area contributed by atoms with Gasteiger partial charge >= 0.3 is 0 Å². The van der Waals surface area contributed by atoms with Crippen LogP contribution in [0, 0.1) is 0 Å².